The zero-order valence-electron chi connectivity index (χ0n) is 11.5. The molecule has 0 amide bonds. The maximum Gasteiger partial charge on any atom is 0.124 e. The molecule has 0 fully saturated rings. The Bertz CT molecular complexity index is 971. The number of aromatic nitrogens is 2. The number of anilines is 1. The van der Waals surface area contributed by atoms with E-state index in [1.54, 1.807) is 17.4 Å². The molecule has 0 bridgehead atoms. The van der Waals surface area contributed by atoms with E-state index in [2.05, 4.69) is 23.2 Å². The van der Waals surface area contributed by atoms with Crippen LogP contribution in [-0.4, -0.2) is 9.97 Å². The highest BCUT2D eigenvalue weighted by molar-refractivity contribution is 7.13. The summed E-state index contributed by atoms with van der Waals surface area (Å²) in [5.74, 6) is 0. The van der Waals surface area contributed by atoms with Crippen molar-refractivity contribution in [3.05, 3.63) is 59.1 Å². The van der Waals surface area contributed by atoms with Gasteiger partial charge in [-0.3, -0.25) is 0 Å². The number of hydrogen-bond acceptors (Lipinski definition) is 3. The van der Waals surface area contributed by atoms with Crippen molar-refractivity contribution in [3.63, 3.8) is 0 Å². The summed E-state index contributed by atoms with van der Waals surface area (Å²) in [4.78, 5) is 7.98. The van der Waals surface area contributed by atoms with Crippen LogP contribution in [0.25, 0.3) is 32.7 Å². The fourth-order valence-electron chi connectivity index (χ4n) is 2.53. The van der Waals surface area contributed by atoms with Crippen molar-refractivity contribution in [1.82, 2.24) is 9.97 Å². The van der Waals surface area contributed by atoms with Gasteiger partial charge in [-0.2, -0.15) is 0 Å². The smallest absolute Gasteiger partial charge is 0.124 e. The summed E-state index contributed by atoms with van der Waals surface area (Å²) in [6.07, 6.45) is 1.94. The van der Waals surface area contributed by atoms with E-state index in [-0.39, 0.29) is 0 Å². The van der Waals surface area contributed by atoms with Gasteiger partial charge in [0.1, 0.15) is 5.01 Å². The molecule has 22 heavy (non-hydrogen) atoms. The van der Waals surface area contributed by atoms with Gasteiger partial charge in [0, 0.05) is 39.3 Å². The van der Waals surface area contributed by atoms with Gasteiger partial charge in [-0.25, -0.2) is 4.98 Å². The van der Waals surface area contributed by atoms with Crippen LogP contribution in [0.1, 0.15) is 0 Å². The zero-order valence-corrected chi connectivity index (χ0v) is 13.1. The van der Waals surface area contributed by atoms with Gasteiger partial charge in [-0.1, -0.05) is 23.7 Å². The minimum Gasteiger partial charge on any atom is -0.399 e. The Morgan fingerprint density at radius 3 is 2.86 bits per heavy atom. The van der Waals surface area contributed by atoms with E-state index in [0.29, 0.717) is 10.7 Å². The number of rotatable bonds is 2. The van der Waals surface area contributed by atoms with Gasteiger partial charge < -0.3 is 10.7 Å². The van der Waals surface area contributed by atoms with Crippen molar-refractivity contribution in [2.24, 2.45) is 0 Å². The van der Waals surface area contributed by atoms with Crippen LogP contribution < -0.4 is 5.73 Å². The van der Waals surface area contributed by atoms with E-state index in [0.717, 1.165) is 27.3 Å². The fraction of sp³-hybridized carbons (Fsp3) is 0. The molecule has 0 saturated carbocycles. The highest BCUT2D eigenvalue weighted by Crippen LogP contribution is 2.35. The first-order valence-electron chi connectivity index (χ1n) is 6.80. The molecule has 2 heterocycles. The normalized spacial score (nSPS) is 11.1. The summed E-state index contributed by atoms with van der Waals surface area (Å²) in [5, 5.41) is 4.80. The second kappa shape index (κ2) is 5.16. The highest BCUT2D eigenvalue weighted by Gasteiger charge is 2.12. The average molecular weight is 326 g/mol. The lowest BCUT2D eigenvalue weighted by atomic mass is 10.1. The molecule has 5 heteroatoms. The molecule has 4 rings (SSSR count). The second-order valence-electron chi connectivity index (χ2n) is 5.02. The zero-order chi connectivity index (χ0) is 15.1. The summed E-state index contributed by atoms with van der Waals surface area (Å²) in [7, 11) is 0. The molecule has 108 valence electrons. The van der Waals surface area contributed by atoms with Gasteiger partial charge >= 0.3 is 0 Å². The van der Waals surface area contributed by atoms with Gasteiger partial charge in [0.05, 0.1) is 10.7 Å². The van der Waals surface area contributed by atoms with Crippen LogP contribution in [0.15, 0.2) is 54.0 Å². The van der Waals surface area contributed by atoms with Crippen LogP contribution in [0.3, 0.4) is 0 Å². The van der Waals surface area contributed by atoms with Crippen molar-refractivity contribution < 1.29 is 0 Å². The van der Waals surface area contributed by atoms with E-state index < -0.39 is 0 Å². The van der Waals surface area contributed by atoms with Crippen LogP contribution in [0.4, 0.5) is 5.69 Å². The predicted octanol–water partition coefficient (Wildman–Crippen LogP) is 5.19. The minimum atomic E-state index is 0.622. The summed E-state index contributed by atoms with van der Waals surface area (Å²) >= 11 is 7.89. The molecule has 0 radical (unpaired) electrons. The van der Waals surface area contributed by atoms with Crippen molar-refractivity contribution in [1.29, 1.82) is 0 Å². The standard InChI is InChI=1S/C17H12ClN3S/c18-14-8-10(19)4-5-13(14)16-9-22-17(21-16)12-2-1-3-15-11(12)6-7-20-15/h1-9,20H,19H2. The van der Waals surface area contributed by atoms with Crippen LogP contribution in [0.5, 0.6) is 0 Å². The quantitative estimate of drug-likeness (QED) is 0.498. The number of nitrogen functional groups attached to an aromatic ring is 1. The summed E-state index contributed by atoms with van der Waals surface area (Å²) in [6, 6.07) is 13.8. The number of aromatic amines is 1. The SMILES string of the molecule is Nc1ccc(-c2csc(-c3cccc4[nH]ccc34)n2)c(Cl)c1. The average Bonchev–Trinajstić information content (AvgIpc) is 3.15. The largest absolute Gasteiger partial charge is 0.399 e. The van der Waals surface area contributed by atoms with Gasteiger partial charge in [0.25, 0.3) is 0 Å². The van der Waals surface area contributed by atoms with Crippen LogP contribution in [0, 0.1) is 0 Å². The number of hydrogen-bond donors (Lipinski definition) is 2. The monoisotopic (exact) mass is 325 g/mol. The number of halogens is 1. The number of nitrogens with zero attached hydrogens (tertiary/aromatic N) is 1. The maximum atomic E-state index is 6.28. The lowest BCUT2D eigenvalue weighted by Gasteiger charge is -2.02. The van der Waals surface area contributed by atoms with E-state index >= 15 is 0 Å². The maximum absolute atomic E-state index is 6.28. The third-order valence-corrected chi connectivity index (χ3v) is 4.79. The number of nitrogens with two attached hydrogens (primary N) is 1. The number of benzene rings is 2. The van der Waals surface area contributed by atoms with E-state index in [4.69, 9.17) is 22.3 Å². The summed E-state index contributed by atoms with van der Waals surface area (Å²) in [6.45, 7) is 0. The molecule has 0 aliphatic heterocycles. The molecule has 0 aliphatic rings. The van der Waals surface area contributed by atoms with Crippen molar-refractivity contribution in [2.45, 2.75) is 0 Å². The number of nitrogens with one attached hydrogen (secondary N) is 1. The molecule has 3 N–H and O–H groups in total. The van der Waals surface area contributed by atoms with E-state index in [1.807, 2.05) is 29.8 Å². The Kier molecular flexibility index (Phi) is 3.13. The molecule has 3 nitrogen and oxygen atoms in total. The fourth-order valence-corrected chi connectivity index (χ4v) is 3.68. The van der Waals surface area contributed by atoms with E-state index in [1.165, 1.54) is 5.39 Å². The molecule has 2 aromatic carbocycles. The van der Waals surface area contributed by atoms with Crippen LogP contribution in [-0.2, 0) is 0 Å². The Hall–Kier alpha value is -2.30. The summed E-state index contributed by atoms with van der Waals surface area (Å²) < 4.78 is 0. The van der Waals surface area contributed by atoms with Crippen molar-refractivity contribution in [2.75, 3.05) is 5.73 Å². The second-order valence-corrected chi connectivity index (χ2v) is 6.29. The van der Waals surface area contributed by atoms with Crippen molar-refractivity contribution >= 4 is 39.5 Å². The number of fused-ring (bicyclic) bond motifs is 1. The van der Waals surface area contributed by atoms with Gasteiger partial charge in [0.2, 0.25) is 0 Å². The summed E-state index contributed by atoms with van der Waals surface area (Å²) in [5.41, 5.74) is 10.4. The molecule has 0 unspecified atom stereocenters. The lowest BCUT2D eigenvalue weighted by Crippen LogP contribution is -1.86. The first-order valence-corrected chi connectivity index (χ1v) is 8.05. The molecular weight excluding hydrogens is 314 g/mol. The van der Waals surface area contributed by atoms with Gasteiger partial charge in [-0.15, -0.1) is 11.3 Å². The third-order valence-electron chi connectivity index (χ3n) is 3.60. The molecule has 0 aliphatic carbocycles. The topological polar surface area (TPSA) is 54.7 Å². The van der Waals surface area contributed by atoms with Crippen LogP contribution >= 0.6 is 22.9 Å². The number of H-pyrrole nitrogens is 1. The lowest BCUT2D eigenvalue weighted by molar-refractivity contribution is 1.41. The van der Waals surface area contributed by atoms with Gasteiger partial charge in [0.15, 0.2) is 0 Å². The highest BCUT2D eigenvalue weighted by atomic mass is 35.5. The molecule has 2 aromatic heterocycles. The first kappa shape index (κ1) is 13.4. The Labute approximate surface area is 136 Å². The molecular formula is C17H12ClN3S. The number of thiazole rings is 1. The molecule has 4 aromatic rings. The molecule has 0 spiro atoms. The Morgan fingerprint density at radius 2 is 2.00 bits per heavy atom. The minimum absolute atomic E-state index is 0.622. The van der Waals surface area contributed by atoms with Gasteiger partial charge in [-0.05, 0) is 30.3 Å². The van der Waals surface area contributed by atoms with E-state index in [9.17, 15) is 0 Å². The Morgan fingerprint density at radius 1 is 1.09 bits per heavy atom. The first-order chi connectivity index (χ1) is 10.7. The Balaban J connectivity index is 1.83. The third kappa shape index (κ3) is 2.17. The predicted molar refractivity (Wildman–Crippen MR) is 94.3 cm³/mol. The molecule has 0 saturated heterocycles. The van der Waals surface area contributed by atoms with Crippen LogP contribution in [0.2, 0.25) is 5.02 Å². The molecule has 0 atom stereocenters. The van der Waals surface area contributed by atoms with Crippen molar-refractivity contribution in [3.8, 4) is 21.8 Å².